The lowest BCUT2D eigenvalue weighted by Gasteiger charge is -2.17. The molecular weight excluding hydrogens is 504 g/mol. The molecule has 1 unspecified atom stereocenters. The van der Waals surface area contributed by atoms with Gasteiger partial charge >= 0.3 is 0 Å². The number of benzene rings is 3. The number of fused-ring (bicyclic) bond motifs is 1. The molecule has 1 amide bonds. The number of aryl methyl sites for hydroxylation is 1. The maximum absolute atomic E-state index is 13.3. The van der Waals surface area contributed by atoms with Crippen LogP contribution in [0.4, 0.5) is 0 Å². The Labute approximate surface area is 192 Å². The van der Waals surface area contributed by atoms with E-state index in [1.54, 1.807) is 0 Å². The summed E-state index contributed by atoms with van der Waals surface area (Å²) >= 11 is 7.04. The molecule has 0 fully saturated rings. The molecule has 1 heterocycles. The minimum atomic E-state index is -0.116. The van der Waals surface area contributed by atoms with Crippen molar-refractivity contribution in [2.45, 2.75) is 19.9 Å². The standard InChI is InChI=1S/C25H20Br2N2O/c1-15-12-20(27)13-21-22(25(30)28-16(2)17-6-4-3-5-7-17)14-23(29-24(15)21)18-8-10-19(26)11-9-18/h3-14,16H,1-2H3,(H,28,30). The molecule has 0 aliphatic heterocycles. The molecule has 0 radical (unpaired) electrons. The summed E-state index contributed by atoms with van der Waals surface area (Å²) in [4.78, 5) is 18.2. The van der Waals surface area contributed by atoms with E-state index in [1.807, 2.05) is 86.6 Å². The van der Waals surface area contributed by atoms with Gasteiger partial charge in [0.2, 0.25) is 0 Å². The molecule has 4 rings (SSSR count). The number of carbonyl (C=O) groups excluding carboxylic acids is 1. The normalized spacial score (nSPS) is 12.0. The quantitative estimate of drug-likeness (QED) is 0.306. The van der Waals surface area contributed by atoms with Crippen LogP contribution in [-0.2, 0) is 0 Å². The van der Waals surface area contributed by atoms with E-state index in [1.165, 1.54) is 0 Å². The Kier molecular flexibility index (Phi) is 6.02. The molecule has 0 bridgehead atoms. The van der Waals surface area contributed by atoms with E-state index >= 15 is 0 Å². The zero-order chi connectivity index (χ0) is 21.3. The first kappa shape index (κ1) is 20.8. The van der Waals surface area contributed by atoms with Crippen LogP contribution in [0.3, 0.4) is 0 Å². The Balaban J connectivity index is 1.82. The summed E-state index contributed by atoms with van der Waals surface area (Å²) in [5.41, 5.74) is 5.27. The van der Waals surface area contributed by atoms with Crippen LogP contribution in [0, 0.1) is 6.92 Å². The topological polar surface area (TPSA) is 42.0 Å². The second-order valence-electron chi connectivity index (χ2n) is 7.29. The summed E-state index contributed by atoms with van der Waals surface area (Å²) in [6, 6.07) is 23.7. The molecule has 1 atom stereocenters. The van der Waals surface area contributed by atoms with Gasteiger partial charge in [-0.2, -0.15) is 0 Å². The van der Waals surface area contributed by atoms with Crippen molar-refractivity contribution in [1.82, 2.24) is 10.3 Å². The smallest absolute Gasteiger partial charge is 0.252 e. The van der Waals surface area contributed by atoms with Gasteiger partial charge in [-0.05, 0) is 55.3 Å². The highest BCUT2D eigenvalue weighted by molar-refractivity contribution is 9.10. The zero-order valence-electron chi connectivity index (χ0n) is 16.6. The van der Waals surface area contributed by atoms with Crippen LogP contribution in [0.5, 0.6) is 0 Å². The van der Waals surface area contributed by atoms with Gasteiger partial charge in [0.15, 0.2) is 0 Å². The van der Waals surface area contributed by atoms with Crippen molar-refractivity contribution < 1.29 is 4.79 Å². The van der Waals surface area contributed by atoms with Gasteiger partial charge in [0.1, 0.15) is 0 Å². The second kappa shape index (κ2) is 8.70. The lowest BCUT2D eigenvalue weighted by atomic mass is 10.0. The van der Waals surface area contributed by atoms with E-state index in [0.29, 0.717) is 5.56 Å². The van der Waals surface area contributed by atoms with E-state index in [-0.39, 0.29) is 11.9 Å². The Bertz CT molecular complexity index is 1220. The largest absolute Gasteiger partial charge is 0.345 e. The number of hydrogen-bond acceptors (Lipinski definition) is 2. The second-order valence-corrected chi connectivity index (χ2v) is 9.12. The Morgan fingerprint density at radius 1 is 0.933 bits per heavy atom. The van der Waals surface area contributed by atoms with Crippen LogP contribution in [0.1, 0.15) is 34.5 Å². The fourth-order valence-electron chi connectivity index (χ4n) is 3.51. The minimum Gasteiger partial charge on any atom is -0.345 e. The first-order valence-electron chi connectivity index (χ1n) is 9.65. The van der Waals surface area contributed by atoms with Crippen LogP contribution >= 0.6 is 31.9 Å². The average Bonchev–Trinajstić information content (AvgIpc) is 2.74. The lowest BCUT2D eigenvalue weighted by Crippen LogP contribution is -2.27. The number of halogens is 2. The molecule has 3 aromatic carbocycles. The van der Waals surface area contributed by atoms with Crippen molar-refractivity contribution in [1.29, 1.82) is 0 Å². The predicted molar refractivity (Wildman–Crippen MR) is 130 cm³/mol. The molecule has 4 aromatic rings. The molecule has 0 aliphatic rings. The summed E-state index contributed by atoms with van der Waals surface area (Å²) in [7, 11) is 0. The molecule has 0 spiro atoms. The van der Waals surface area contributed by atoms with E-state index in [4.69, 9.17) is 4.98 Å². The van der Waals surface area contributed by atoms with Gasteiger partial charge in [0.25, 0.3) is 5.91 Å². The van der Waals surface area contributed by atoms with Gasteiger partial charge in [-0.1, -0.05) is 74.3 Å². The highest BCUT2D eigenvalue weighted by atomic mass is 79.9. The molecule has 0 saturated carbocycles. The first-order chi connectivity index (χ1) is 14.4. The summed E-state index contributed by atoms with van der Waals surface area (Å²) in [6.07, 6.45) is 0. The Morgan fingerprint density at radius 2 is 1.63 bits per heavy atom. The summed E-state index contributed by atoms with van der Waals surface area (Å²) in [5.74, 6) is -0.116. The van der Waals surface area contributed by atoms with Crippen molar-refractivity contribution >= 4 is 48.7 Å². The maximum Gasteiger partial charge on any atom is 0.252 e. The van der Waals surface area contributed by atoms with Gasteiger partial charge in [-0.3, -0.25) is 4.79 Å². The molecule has 0 saturated heterocycles. The van der Waals surface area contributed by atoms with E-state index < -0.39 is 0 Å². The van der Waals surface area contributed by atoms with Gasteiger partial charge < -0.3 is 5.32 Å². The SMILES string of the molecule is Cc1cc(Br)cc2c(C(=O)NC(C)c3ccccc3)cc(-c3ccc(Br)cc3)nc12. The van der Waals surface area contributed by atoms with Crippen molar-refractivity contribution in [2.24, 2.45) is 0 Å². The third-order valence-corrected chi connectivity index (χ3v) is 6.09. The highest BCUT2D eigenvalue weighted by Gasteiger charge is 2.18. The highest BCUT2D eigenvalue weighted by Crippen LogP contribution is 2.30. The number of pyridine rings is 1. The van der Waals surface area contributed by atoms with E-state index in [9.17, 15) is 4.79 Å². The molecule has 1 aromatic heterocycles. The number of carbonyl (C=O) groups is 1. The van der Waals surface area contributed by atoms with Gasteiger partial charge in [-0.15, -0.1) is 0 Å². The third-order valence-electron chi connectivity index (χ3n) is 5.10. The van der Waals surface area contributed by atoms with E-state index in [0.717, 1.165) is 42.2 Å². The zero-order valence-corrected chi connectivity index (χ0v) is 19.8. The van der Waals surface area contributed by atoms with Gasteiger partial charge in [0, 0.05) is 19.9 Å². The Morgan fingerprint density at radius 3 is 2.33 bits per heavy atom. The summed E-state index contributed by atoms with van der Waals surface area (Å²) in [6.45, 7) is 4.01. The molecule has 0 aliphatic carbocycles. The maximum atomic E-state index is 13.3. The van der Waals surface area contributed by atoms with Crippen LogP contribution < -0.4 is 5.32 Å². The monoisotopic (exact) mass is 522 g/mol. The molecule has 3 nitrogen and oxygen atoms in total. The number of aromatic nitrogens is 1. The fourth-order valence-corrected chi connectivity index (χ4v) is 4.35. The van der Waals surface area contributed by atoms with Crippen molar-refractivity contribution in [3.63, 3.8) is 0 Å². The van der Waals surface area contributed by atoms with Crippen molar-refractivity contribution in [2.75, 3.05) is 0 Å². The number of hydrogen-bond donors (Lipinski definition) is 1. The van der Waals surface area contributed by atoms with Gasteiger partial charge in [-0.25, -0.2) is 4.98 Å². The summed E-state index contributed by atoms with van der Waals surface area (Å²) in [5, 5.41) is 3.98. The molecule has 5 heteroatoms. The van der Waals surface area contributed by atoms with Crippen LogP contribution in [0.25, 0.3) is 22.2 Å². The van der Waals surface area contributed by atoms with Crippen LogP contribution in [0.15, 0.2) is 81.7 Å². The van der Waals surface area contributed by atoms with Gasteiger partial charge in [0.05, 0.1) is 22.8 Å². The molecule has 150 valence electrons. The van der Waals surface area contributed by atoms with Crippen LogP contribution in [0.2, 0.25) is 0 Å². The van der Waals surface area contributed by atoms with E-state index in [2.05, 4.69) is 37.2 Å². The minimum absolute atomic E-state index is 0.105. The van der Waals surface area contributed by atoms with Crippen molar-refractivity contribution in [3.8, 4) is 11.3 Å². The third kappa shape index (κ3) is 4.32. The van der Waals surface area contributed by atoms with Crippen LogP contribution in [-0.4, -0.2) is 10.9 Å². The first-order valence-corrected chi connectivity index (χ1v) is 11.2. The number of nitrogens with zero attached hydrogens (tertiary/aromatic N) is 1. The van der Waals surface area contributed by atoms with Crippen molar-refractivity contribution in [3.05, 3.63) is 98.4 Å². The molecular formula is C25H20Br2N2O. The molecule has 30 heavy (non-hydrogen) atoms. The number of amides is 1. The lowest BCUT2D eigenvalue weighted by molar-refractivity contribution is 0.0941. The fraction of sp³-hybridized carbons (Fsp3) is 0.120. The summed E-state index contributed by atoms with van der Waals surface area (Å²) < 4.78 is 1.93. The number of nitrogens with one attached hydrogen (secondary N) is 1. The average molecular weight is 524 g/mol. The molecule has 1 N–H and O–H groups in total. The predicted octanol–water partition coefficient (Wildman–Crippen LogP) is 7.23. The number of rotatable bonds is 4. The Hall–Kier alpha value is -2.50.